The summed E-state index contributed by atoms with van der Waals surface area (Å²) in [5.74, 6) is 0.548. The summed E-state index contributed by atoms with van der Waals surface area (Å²) in [5.41, 5.74) is 8.08. The highest BCUT2D eigenvalue weighted by molar-refractivity contribution is 5.78. The molecular formula is C16H22N6. The topological polar surface area (TPSA) is 81.1 Å². The molecule has 22 heavy (non-hydrogen) atoms. The van der Waals surface area contributed by atoms with E-state index in [1.165, 1.54) is 38.4 Å². The van der Waals surface area contributed by atoms with Gasteiger partial charge >= 0.3 is 0 Å². The molecule has 6 heteroatoms. The van der Waals surface area contributed by atoms with Gasteiger partial charge < -0.3 is 11.1 Å². The number of hydrogen-bond acceptors (Lipinski definition) is 3. The van der Waals surface area contributed by atoms with Crippen LogP contribution >= 0.6 is 0 Å². The molecule has 3 rings (SSSR count). The van der Waals surface area contributed by atoms with Gasteiger partial charge in [0.15, 0.2) is 5.96 Å². The van der Waals surface area contributed by atoms with Crippen LogP contribution in [0.25, 0.3) is 5.69 Å². The molecule has 0 aliphatic heterocycles. The van der Waals surface area contributed by atoms with Crippen molar-refractivity contribution in [2.45, 2.75) is 44.7 Å². The molecule has 1 heterocycles. The largest absolute Gasteiger partial charge is 0.370 e. The van der Waals surface area contributed by atoms with Crippen LogP contribution in [0, 0.1) is 0 Å². The summed E-state index contributed by atoms with van der Waals surface area (Å²) in [4.78, 5) is 8.37. The molecular weight excluding hydrogens is 276 g/mol. The number of benzene rings is 1. The van der Waals surface area contributed by atoms with Crippen molar-refractivity contribution in [1.82, 2.24) is 20.1 Å². The van der Waals surface area contributed by atoms with Gasteiger partial charge in [-0.15, -0.1) is 0 Å². The number of aliphatic imine (C=N–C) groups is 1. The van der Waals surface area contributed by atoms with Crippen molar-refractivity contribution in [2.24, 2.45) is 10.7 Å². The summed E-state index contributed by atoms with van der Waals surface area (Å²) in [7, 11) is 0. The predicted molar refractivity (Wildman–Crippen MR) is 86.7 cm³/mol. The minimum Gasteiger partial charge on any atom is -0.370 e. The van der Waals surface area contributed by atoms with Gasteiger partial charge in [0.1, 0.15) is 12.7 Å². The molecule has 1 aliphatic rings. The van der Waals surface area contributed by atoms with E-state index >= 15 is 0 Å². The van der Waals surface area contributed by atoms with Crippen molar-refractivity contribution < 1.29 is 0 Å². The Bertz CT molecular complexity index is 596. The van der Waals surface area contributed by atoms with Gasteiger partial charge in [0, 0.05) is 6.04 Å². The molecule has 116 valence electrons. The summed E-state index contributed by atoms with van der Waals surface area (Å²) in [6, 6.07) is 8.57. The third-order valence-electron chi connectivity index (χ3n) is 4.01. The van der Waals surface area contributed by atoms with E-state index in [9.17, 15) is 0 Å². The Morgan fingerprint density at radius 2 is 2.00 bits per heavy atom. The Balaban J connectivity index is 1.55. The second kappa shape index (κ2) is 7.06. The van der Waals surface area contributed by atoms with E-state index < -0.39 is 0 Å². The van der Waals surface area contributed by atoms with Gasteiger partial charge in [-0.3, -0.25) is 0 Å². The van der Waals surface area contributed by atoms with Crippen LogP contribution in [-0.4, -0.2) is 26.8 Å². The van der Waals surface area contributed by atoms with Crippen molar-refractivity contribution in [3.63, 3.8) is 0 Å². The standard InChI is InChI=1S/C16H22N6/c17-16(21-14-4-2-1-3-5-14)19-10-13-6-8-15(9-7-13)22-12-18-11-20-22/h6-9,11-12,14H,1-5,10H2,(H3,17,19,21). The molecule has 1 fully saturated rings. The highest BCUT2D eigenvalue weighted by Crippen LogP contribution is 2.17. The van der Waals surface area contributed by atoms with E-state index in [1.54, 1.807) is 11.0 Å². The van der Waals surface area contributed by atoms with E-state index in [0.29, 0.717) is 18.5 Å². The van der Waals surface area contributed by atoms with Gasteiger partial charge in [-0.1, -0.05) is 31.4 Å². The molecule has 1 aromatic carbocycles. The van der Waals surface area contributed by atoms with Crippen molar-refractivity contribution in [3.8, 4) is 5.69 Å². The van der Waals surface area contributed by atoms with Crippen LogP contribution in [0.1, 0.15) is 37.7 Å². The zero-order chi connectivity index (χ0) is 15.2. The summed E-state index contributed by atoms with van der Waals surface area (Å²) >= 11 is 0. The summed E-state index contributed by atoms with van der Waals surface area (Å²) in [6.07, 6.45) is 9.51. The normalized spacial score (nSPS) is 16.6. The Morgan fingerprint density at radius 1 is 1.23 bits per heavy atom. The molecule has 1 aromatic heterocycles. The van der Waals surface area contributed by atoms with E-state index in [2.05, 4.69) is 20.4 Å². The van der Waals surface area contributed by atoms with Crippen molar-refractivity contribution in [1.29, 1.82) is 0 Å². The van der Waals surface area contributed by atoms with Crippen LogP contribution in [-0.2, 0) is 6.54 Å². The van der Waals surface area contributed by atoms with Gasteiger partial charge in [0.25, 0.3) is 0 Å². The highest BCUT2D eigenvalue weighted by atomic mass is 15.3. The highest BCUT2D eigenvalue weighted by Gasteiger charge is 2.13. The fourth-order valence-corrected chi connectivity index (χ4v) is 2.77. The summed E-state index contributed by atoms with van der Waals surface area (Å²) in [6.45, 7) is 0.586. The lowest BCUT2D eigenvalue weighted by Gasteiger charge is -2.23. The van der Waals surface area contributed by atoms with E-state index in [-0.39, 0.29) is 0 Å². The first-order valence-electron chi connectivity index (χ1n) is 7.82. The van der Waals surface area contributed by atoms with E-state index in [1.807, 2.05) is 24.3 Å². The lowest BCUT2D eigenvalue weighted by Crippen LogP contribution is -2.41. The molecule has 1 aliphatic carbocycles. The molecule has 0 bridgehead atoms. The lowest BCUT2D eigenvalue weighted by atomic mass is 9.96. The van der Waals surface area contributed by atoms with Crippen LogP contribution in [0.15, 0.2) is 41.9 Å². The smallest absolute Gasteiger partial charge is 0.189 e. The second-order valence-electron chi connectivity index (χ2n) is 5.69. The van der Waals surface area contributed by atoms with Crippen LogP contribution in [0.4, 0.5) is 0 Å². The molecule has 0 amide bonds. The van der Waals surface area contributed by atoms with Crippen LogP contribution in [0.2, 0.25) is 0 Å². The Morgan fingerprint density at radius 3 is 2.68 bits per heavy atom. The quantitative estimate of drug-likeness (QED) is 0.668. The molecule has 6 nitrogen and oxygen atoms in total. The van der Waals surface area contributed by atoms with Crippen molar-refractivity contribution in [3.05, 3.63) is 42.5 Å². The zero-order valence-corrected chi connectivity index (χ0v) is 12.7. The third-order valence-corrected chi connectivity index (χ3v) is 4.01. The number of nitrogens with one attached hydrogen (secondary N) is 1. The first-order valence-corrected chi connectivity index (χ1v) is 7.82. The second-order valence-corrected chi connectivity index (χ2v) is 5.69. The molecule has 0 saturated heterocycles. The van der Waals surface area contributed by atoms with Gasteiger partial charge in [-0.2, -0.15) is 5.10 Å². The van der Waals surface area contributed by atoms with E-state index in [0.717, 1.165) is 11.3 Å². The Hall–Kier alpha value is -2.37. The van der Waals surface area contributed by atoms with Gasteiger partial charge in [0.05, 0.1) is 12.2 Å². The lowest BCUT2D eigenvalue weighted by molar-refractivity contribution is 0.412. The monoisotopic (exact) mass is 298 g/mol. The third kappa shape index (κ3) is 3.84. The van der Waals surface area contributed by atoms with Gasteiger partial charge in [-0.05, 0) is 30.5 Å². The van der Waals surface area contributed by atoms with Crippen molar-refractivity contribution in [2.75, 3.05) is 0 Å². The maximum Gasteiger partial charge on any atom is 0.189 e. The average molecular weight is 298 g/mol. The minimum absolute atomic E-state index is 0.493. The zero-order valence-electron chi connectivity index (χ0n) is 12.7. The fraction of sp³-hybridized carbons (Fsp3) is 0.438. The Labute approximate surface area is 130 Å². The minimum atomic E-state index is 0.493. The number of aromatic nitrogens is 3. The first-order chi connectivity index (χ1) is 10.8. The maximum atomic E-state index is 5.98. The number of nitrogens with two attached hydrogens (primary N) is 1. The molecule has 0 unspecified atom stereocenters. The number of hydrogen-bond donors (Lipinski definition) is 2. The molecule has 1 saturated carbocycles. The fourth-order valence-electron chi connectivity index (χ4n) is 2.77. The molecule has 0 spiro atoms. The van der Waals surface area contributed by atoms with Crippen LogP contribution in [0.3, 0.4) is 0 Å². The molecule has 2 aromatic rings. The van der Waals surface area contributed by atoms with Gasteiger partial charge in [-0.25, -0.2) is 14.7 Å². The first kappa shape index (κ1) is 14.6. The van der Waals surface area contributed by atoms with Crippen LogP contribution < -0.4 is 11.1 Å². The molecule has 0 radical (unpaired) electrons. The number of guanidine groups is 1. The SMILES string of the molecule is NC(=NCc1ccc(-n2cncn2)cc1)NC1CCCCC1. The predicted octanol–water partition coefficient (Wildman–Crippen LogP) is 2.00. The molecule has 3 N–H and O–H groups in total. The molecule has 0 atom stereocenters. The van der Waals surface area contributed by atoms with Crippen molar-refractivity contribution >= 4 is 5.96 Å². The van der Waals surface area contributed by atoms with Gasteiger partial charge in [0.2, 0.25) is 0 Å². The van der Waals surface area contributed by atoms with Crippen LogP contribution in [0.5, 0.6) is 0 Å². The Kier molecular flexibility index (Phi) is 4.68. The maximum absolute atomic E-state index is 5.98. The summed E-state index contributed by atoms with van der Waals surface area (Å²) in [5, 5.41) is 7.43. The summed E-state index contributed by atoms with van der Waals surface area (Å²) < 4.78 is 1.73. The van der Waals surface area contributed by atoms with E-state index in [4.69, 9.17) is 5.73 Å². The number of rotatable bonds is 4. The average Bonchev–Trinajstić information content (AvgIpc) is 3.09. The number of nitrogens with zero attached hydrogens (tertiary/aromatic N) is 4.